The molecule has 0 unspecified atom stereocenters. The van der Waals surface area contributed by atoms with E-state index in [1.165, 1.54) is 12.8 Å². The van der Waals surface area contributed by atoms with Gasteiger partial charge in [-0.1, -0.05) is 6.08 Å². The molecule has 0 amide bonds. The molecule has 3 nitrogen and oxygen atoms in total. The first-order chi connectivity index (χ1) is 6.42. The van der Waals surface area contributed by atoms with E-state index >= 15 is 0 Å². The van der Waals surface area contributed by atoms with Gasteiger partial charge in [-0.15, -0.1) is 12.4 Å². The van der Waals surface area contributed by atoms with Gasteiger partial charge in [0.05, 0.1) is 0 Å². The fraction of sp³-hybridized carbons (Fsp3) is 0.400. The molecule has 0 aromatic rings. The molecule has 0 aromatic heterocycles. The zero-order valence-corrected chi connectivity index (χ0v) is 8.67. The molecule has 0 saturated carbocycles. The van der Waals surface area contributed by atoms with Crippen LogP contribution in [0.15, 0.2) is 30.1 Å². The summed E-state index contributed by atoms with van der Waals surface area (Å²) in [6.07, 6.45) is 9.89. The van der Waals surface area contributed by atoms with Crippen molar-refractivity contribution in [3.8, 4) is 0 Å². The number of allylic oxidation sites excluding steroid dienone is 3. The molecule has 4 heteroatoms. The van der Waals surface area contributed by atoms with E-state index in [1.54, 1.807) is 6.08 Å². The van der Waals surface area contributed by atoms with Crippen LogP contribution in [-0.2, 0) is 4.79 Å². The van der Waals surface area contributed by atoms with Gasteiger partial charge in [0.25, 0.3) is 0 Å². The number of hydrogen-bond acceptors (Lipinski definition) is 3. The second kappa shape index (κ2) is 5.01. The molecule has 2 aliphatic rings. The summed E-state index contributed by atoms with van der Waals surface area (Å²) >= 11 is 0. The van der Waals surface area contributed by atoms with Gasteiger partial charge in [-0.25, -0.2) is 9.80 Å². The van der Waals surface area contributed by atoms with Gasteiger partial charge in [-0.3, -0.25) is 5.01 Å². The lowest BCUT2D eigenvalue weighted by Gasteiger charge is -2.30. The predicted molar refractivity (Wildman–Crippen MR) is 57.4 cm³/mol. The van der Waals surface area contributed by atoms with Crippen molar-refractivity contribution in [2.75, 3.05) is 13.1 Å². The maximum Gasteiger partial charge on any atom is 0.152 e. The van der Waals surface area contributed by atoms with Crippen molar-refractivity contribution < 1.29 is 4.79 Å². The van der Waals surface area contributed by atoms with Gasteiger partial charge in [0.1, 0.15) is 5.70 Å². The van der Waals surface area contributed by atoms with Gasteiger partial charge in [0.15, 0.2) is 5.94 Å². The van der Waals surface area contributed by atoms with Crippen LogP contribution in [0.25, 0.3) is 0 Å². The molecule has 0 aliphatic carbocycles. The zero-order chi connectivity index (χ0) is 9.10. The maximum absolute atomic E-state index is 10.6. The van der Waals surface area contributed by atoms with Gasteiger partial charge < -0.3 is 0 Å². The first-order valence-corrected chi connectivity index (χ1v) is 4.56. The predicted octanol–water partition coefficient (Wildman–Crippen LogP) is 1.52. The molecule has 0 radical (unpaired) electrons. The Hall–Kier alpha value is -1.02. The summed E-state index contributed by atoms with van der Waals surface area (Å²) in [4.78, 5) is 10.6. The van der Waals surface area contributed by atoms with Gasteiger partial charge in [0, 0.05) is 19.3 Å². The summed E-state index contributed by atoms with van der Waals surface area (Å²) < 4.78 is 0. The zero-order valence-electron chi connectivity index (χ0n) is 7.85. The van der Waals surface area contributed by atoms with Crippen LogP contribution in [-0.4, -0.2) is 29.0 Å². The number of carbonyl (C=O) groups excluding carboxylic acids is 1. The van der Waals surface area contributed by atoms with E-state index in [1.807, 2.05) is 29.3 Å². The normalized spacial score (nSPS) is 20.9. The number of halogens is 1. The summed E-state index contributed by atoms with van der Waals surface area (Å²) in [5.41, 5.74) is 0.601. The van der Waals surface area contributed by atoms with Crippen LogP contribution in [0.3, 0.4) is 0 Å². The minimum Gasteiger partial charge on any atom is -0.271 e. The van der Waals surface area contributed by atoms with Crippen molar-refractivity contribution in [3.05, 3.63) is 30.1 Å². The lowest BCUT2D eigenvalue weighted by Crippen LogP contribution is -2.36. The Morgan fingerprint density at radius 1 is 1.21 bits per heavy atom. The third-order valence-corrected chi connectivity index (χ3v) is 2.33. The summed E-state index contributed by atoms with van der Waals surface area (Å²) in [5.74, 6) is 1.94. The van der Waals surface area contributed by atoms with Crippen LogP contribution in [0.4, 0.5) is 0 Å². The van der Waals surface area contributed by atoms with Crippen molar-refractivity contribution in [2.24, 2.45) is 0 Å². The molecule has 14 heavy (non-hydrogen) atoms. The van der Waals surface area contributed by atoms with E-state index in [2.05, 4.69) is 5.01 Å². The van der Waals surface area contributed by atoms with Gasteiger partial charge in [-0.05, 0) is 25.0 Å². The lowest BCUT2D eigenvalue weighted by atomic mass is 10.3. The maximum atomic E-state index is 10.6. The summed E-state index contributed by atoms with van der Waals surface area (Å²) in [5, 5.41) is 4.06. The molecule has 2 aliphatic heterocycles. The average Bonchev–Trinajstić information content (AvgIpc) is 2.70. The molecule has 1 saturated heterocycles. The molecule has 1 fully saturated rings. The Labute approximate surface area is 89.7 Å². The van der Waals surface area contributed by atoms with Crippen molar-refractivity contribution in [1.29, 1.82) is 0 Å². The van der Waals surface area contributed by atoms with Crippen LogP contribution in [0.1, 0.15) is 12.8 Å². The minimum atomic E-state index is 0. The van der Waals surface area contributed by atoms with Gasteiger partial charge >= 0.3 is 0 Å². The Morgan fingerprint density at radius 2 is 1.93 bits per heavy atom. The number of rotatable bonds is 1. The highest BCUT2D eigenvalue weighted by atomic mass is 35.5. The fourth-order valence-corrected chi connectivity index (χ4v) is 1.68. The highest BCUT2D eigenvalue weighted by Gasteiger charge is 2.20. The van der Waals surface area contributed by atoms with E-state index in [9.17, 15) is 4.79 Å². The Morgan fingerprint density at radius 3 is 2.57 bits per heavy atom. The number of nitrogens with zero attached hydrogens (tertiary/aromatic N) is 2. The minimum absolute atomic E-state index is 0. The van der Waals surface area contributed by atoms with Crippen LogP contribution in [0, 0.1) is 0 Å². The van der Waals surface area contributed by atoms with E-state index in [0.717, 1.165) is 13.1 Å². The molecule has 2 heterocycles. The summed E-state index contributed by atoms with van der Waals surface area (Å²) in [7, 11) is 0. The molecule has 0 atom stereocenters. The average molecular weight is 213 g/mol. The Balaban J connectivity index is 0.000000980. The second-order valence-corrected chi connectivity index (χ2v) is 3.19. The largest absolute Gasteiger partial charge is 0.271 e. The van der Waals surface area contributed by atoms with E-state index in [0.29, 0.717) is 5.70 Å². The van der Waals surface area contributed by atoms with E-state index in [-0.39, 0.29) is 12.4 Å². The summed E-state index contributed by atoms with van der Waals surface area (Å²) in [6.45, 7) is 2.06. The molecule has 0 N–H and O–H groups in total. The molecule has 2 rings (SSSR count). The Bertz CT molecular complexity index is 299. The summed E-state index contributed by atoms with van der Waals surface area (Å²) in [6, 6.07) is 0. The van der Waals surface area contributed by atoms with Crippen LogP contribution < -0.4 is 0 Å². The van der Waals surface area contributed by atoms with Gasteiger partial charge in [-0.2, -0.15) is 0 Å². The topological polar surface area (TPSA) is 23.6 Å². The monoisotopic (exact) mass is 212 g/mol. The number of hydrazine groups is 1. The van der Waals surface area contributed by atoms with Crippen LogP contribution in [0.2, 0.25) is 0 Å². The van der Waals surface area contributed by atoms with Crippen molar-refractivity contribution in [2.45, 2.75) is 12.8 Å². The fourth-order valence-electron chi connectivity index (χ4n) is 1.68. The molecular weight excluding hydrogens is 200 g/mol. The molecule has 76 valence electrons. The highest BCUT2D eigenvalue weighted by Crippen LogP contribution is 2.18. The number of hydrogen-bond donors (Lipinski definition) is 0. The third-order valence-electron chi connectivity index (χ3n) is 2.33. The smallest absolute Gasteiger partial charge is 0.152 e. The molecule has 0 bridgehead atoms. The highest BCUT2D eigenvalue weighted by molar-refractivity contribution is 5.85. The first-order valence-electron chi connectivity index (χ1n) is 4.56. The molecular formula is C10H13ClN2O. The first kappa shape index (κ1) is 11.1. The van der Waals surface area contributed by atoms with Crippen molar-refractivity contribution in [3.63, 3.8) is 0 Å². The van der Waals surface area contributed by atoms with Crippen molar-refractivity contribution >= 4 is 18.3 Å². The van der Waals surface area contributed by atoms with Crippen LogP contribution in [0.5, 0.6) is 0 Å². The quantitative estimate of drug-likeness (QED) is 0.616. The standard InChI is InChI=1S/C10H12N2O.ClH/c13-9-10-5-1-2-8-12(10)11-6-3-4-7-11;/h1-2,5,8H,3-4,6-7H2;1H. The third kappa shape index (κ3) is 2.07. The molecule has 0 aromatic carbocycles. The van der Waals surface area contributed by atoms with Crippen molar-refractivity contribution in [1.82, 2.24) is 10.0 Å². The van der Waals surface area contributed by atoms with E-state index in [4.69, 9.17) is 0 Å². The second-order valence-electron chi connectivity index (χ2n) is 3.19. The molecule has 0 spiro atoms. The SMILES string of the molecule is Cl.O=C=C1C=CC=CN1N1CCCC1. The van der Waals surface area contributed by atoms with Gasteiger partial charge in [0.2, 0.25) is 0 Å². The van der Waals surface area contributed by atoms with E-state index < -0.39 is 0 Å². The lowest BCUT2D eigenvalue weighted by molar-refractivity contribution is 0.0913. The van der Waals surface area contributed by atoms with Crippen LogP contribution >= 0.6 is 12.4 Å². The Kier molecular flexibility index (Phi) is 3.96.